The molecule has 10 heteroatoms. The van der Waals surface area contributed by atoms with E-state index in [4.69, 9.17) is 11.6 Å². The van der Waals surface area contributed by atoms with Crippen molar-refractivity contribution in [3.63, 3.8) is 0 Å². The zero-order valence-corrected chi connectivity index (χ0v) is 22.9. The number of benzene rings is 2. The van der Waals surface area contributed by atoms with Crippen molar-refractivity contribution in [1.82, 2.24) is 20.1 Å². The number of nitrogens with zero attached hydrogens (tertiary/aromatic N) is 3. The summed E-state index contributed by atoms with van der Waals surface area (Å²) in [6, 6.07) is 14.2. The normalized spacial score (nSPS) is 11.9. The van der Waals surface area contributed by atoms with Crippen LogP contribution in [0.4, 0.5) is 5.69 Å². The number of carbonyl (C=O) groups excluding carboxylic acids is 2. The van der Waals surface area contributed by atoms with Gasteiger partial charge >= 0.3 is 0 Å². The summed E-state index contributed by atoms with van der Waals surface area (Å²) < 4.78 is 3.05. The number of hydrogen-bond donors (Lipinski definition) is 2. The molecule has 34 heavy (non-hydrogen) atoms. The van der Waals surface area contributed by atoms with E-state index in [1.807, 2.05) is 35.8 Å². The Hall–Kier alpha value is -2.11. The summed E-state index contributed by atoms with van der Waals surface area (Å²) in [6.45, 7) is 6.78. The number of rotatable bonds is 10. The zero-order chi connectivity index (χ0) is 24.7. The average molecular weight is 612 g/mol. The monoisotopic (exact) mass is 611 g/mol. The molecule has 0 bridgehead atoms. The van der Waals surface area contributed by atoms with Crippen LogP contribution in [0.25, 0.3) is 0 Å². The molecule has 2 amide bonds. The molecule has 0 fully saturated rings. The van der Waals surface area contributed by atoms with Crippen molar-refractivity contribution >= 4 is 63.5 Å². The van der Waals surface area contributed by atoms with Crippen molar-refractivity contribution < 1.29 is 9.59 Å². The van der Waals surface area contributed by atoms with Gasteiger partial charge in [-0.05, 0) is 78.3 Å². The molecule has 0 saturated carbocycles. The van der Waals surface area contributed by atoms with Gasteiger partial charge in [-0.1, -0.05) is 49.3 Å². The molecule has 0 unspecified atom stereocenters. The molecule has 3 aromatic rings. The quantitative estimate of drug-likeness (QED) is 0.223. The predicted octanol–water partition coefficient (Wildman–Crippen LogP) is 5.80. The fourth-order valence-electron chi connectivity index (χ4n) is 3.40. The molecule has 0 radical (unpaired) electrons. The molecular formula is C24H27ClIN5O2S. The van der Waals surface area contributed by atoms with Crippen LogP contribution in [-0.2, 0) is 11.3 Å². The van der Waals surface area contributed by atoms with Crippen LogP contribution in [0.5, 0.6) is 0 Å². The minimum absolute atomic E-state index is 0.121. The smallest absolute Gasteiger partial charge is 0.253 e. The average Bonchev–Trinajstić information content (AvgIpc) is 3.21. The van der Waals surface area contributed by atoms with Crippen LogP contribution in [0.15, 0.2) is 53.7 Å². The maximum Gasteiger partial charge on any atom is 0.253 e. The summed E-state index contributed by atoms with van der Waals surface area (Å²) in [7, 11) is 0. The van der Waals surface area contributed by atoms with Gasteiger partial charge in [0.15, 0.2) is 11.0 Å². The highest BCUT2D eigenvalue weighted by molar-refractivity contribution is 14.1. The second-order valence-corrected chi connectivity index (χ2v) is 10.7. The van der Waals surface area contributed by atoms with Crippen molar-refractivity contribution in [2.45, 2.75) is 44.9 Å². The molecule has 0 aliphatic rings. The molecule has 0 aliphatic carbocycles. The third-order valence-electron chi connectivity index (χ3n) is 4.96. The largest absolute Gasteiger partial charge is 0.342 e. The van der Waals surface area contributed by atoms with Gasteiger partial charge in [0, 0.05) is 15.8 Å². The Balaban J connectivity index is 1.73. The van der Waals surface area contributed by atoms with Crippen LogP contribution in [0.2, 0.25) is 5.02 Å². The lowest BCUT2D eigenvalue weighted by atomic mass is 10.0. The number of carbonyl (C=O) groups is 2. The van der Waals surface area contributed by atoms with Crippen LogP contribution in [0.1, 0.15) is 49.4 Å². The molecule has 2 N–H and O–H groups in total. The molecule has 0 aliphatic heterocycles. The van der Waals surface area contributed by atoms with Gasteiger partial charge in [0.05, 0.1) is 22.4 Å². The molecule has 0 saturated heterocycles. The standard InChI is InChI=1S/C24H27ClIN5O2S/c1-4-31-22(20(13-15(2)3)28-23(33)18-7-5-6-8-19(18)25)29-30-24(31)34-14-21(32)27-17-11-9-16(26)10-12-17/h5-12,15,20H,4,13-14H2,1-3H3,(H,27,32)(H,28,33)/t20-/m1/s1. The van der Waals surface area contributed by atoms with Gasteiger partial charge in [-0.3, -0.25) is 9.59 Å². The van der Waals surface area contributed by atoms with Crippen molar-refractivity contribution in [1.29, 1.82) is 0 Å². The van der Waals surface area contributed by atoms with E-state index in [-0.39, 0.29) is 23.6 Å². The Bertz CT molecular complexity index is 1140. The number of amides is 2. The summed E-state index contributed by atoms with van der Waals surface area (Å²) >= 11 is 9.76. The van der Waals surface area contributed by atoms with Crippen LogP contribution < -0.4 is 10.6 Å². The number of aromatic nitrogens is 3. The summed E-state index contributed by atoms with van der Waals surface area (Å²) in [4.78, 5) is 25.4. The number of thioether (sulfide) groups is 1. The second kappa shape index (κ2) is 12.6. The fraction of sp³-hybridized carbons (Fsp3) is 0.333. The van der Waals surface area contributed by atoms with Gasteiger partial charge < -0.3 is 15.2 Å². The van der Waals surface area contributed by atoms with Crippen molar-refractivity contribution in [2.75, 3.05) is 11.1 Å². The highest BCUT2D eigenvalue weighted by Gasteiger charge is 2.25. The Morgan fingerprint density at radius 2 is 1.82 bits per heavy atom. The predicted molar refractivity (Wildman–Crippen MR) is 145 cm³/mol. The topological polar surface area (TPSA) is 88.9 Å². The van der Waals surface area contributed by atoms with Gasteiger partial charge in [0.25, 0.3) is 5.91 Å². The van der Waals surface area contributed by atoms with Crippen LogP contribution in [0.3, 0.4) is 0 Å². The number of hydrogen-bond acceptors (Lipinski definition) is 5. The molecule has 7 nitrogen and oxygen atoms in total. The summed E-state index contributed by atoms with van der Waals surface area (Å²) in [6.07, 6.45) is 0.687. The summed E-state index contributed by atoms with van der Waals surface area (Å²) in [5, 5.41) is 15.7. The van der Waals surface area contributed by atoms with Gasteiger partial charge in [0.1, 0.15) is 0 Å². The molecule has 180 valence electrons. The van der Waals surface area contributed by atoms with Gasteiger partial charge in [-0.15, -0.1) is 10.2 Å². The van der Waals surface area contributed by atoms with Crippen molar-refractivity contribution in [2.24, 2.45) is 5.92 Å². The van der Waals surface area contributed by atoms with E-state index in [9.17, 15) is 9.59 Å². The van der Waals surface area contributed by atoms with E-state index >= 15 is 0 Å². The number of halogens is 2. The van der Waals surface area contributed by atoms with E-state index in [0.29, 0.717) is 40.5 Å². The Morgan fingerprint density at radius 1 is 1.12 bits per heavy atom. The van der Waals surface area contributed by atoms with E-state index in [1.54, 1.807) is 24.3 Å². The van der Waals surface area contributed by atoms with E-state index in [1.165, 1.54) is 11.8 Å². The van der Waals surface area contributed by atoms with Crippen molar-refractivity contribution in [3.8, 4) is 0 Å². The first-order valence-corrected chi connectivity index (χ1v) is 13.4. The highest BCUT2D eigenvalue weighted by Crippen LogP contribution is 2.26. The van der Waals surface area contributed by atoms with E-state index in [0.717, 1.165) is 9.26 Å². The number of anilines is 1. The fourth-order valence-corrected chi connectivity index (χ4v) is 4.79. The maximum absolute atomic E-state index is 12.9. The van der Waals surface area contributed by atoms with Gasteiger partial charge in [-0.25, -0.2) is 0 Å². The first-order chi connectivity index (χ1) is 16.3. The molecule has 3 rings (SSSR count). The molecule has 1 heterocycles. The highest BCUT2D eigenvalue weighted by atomic mass is 127. The lowest BCUT2D eigenvalue weighted by molar-refractivity contribution is -0.113. The van der Waals surface area contributed by atoms with Gasteiger partial charge in [-0.2, -0.15) is 0 Å². The third kappa shape index (κ3) is 7.19. The van der Waals surface area contributed by atoms with Crippen LogP contribution >= 0.6 is 46.0 Å². The zero-order valence-electron chi connectivity index (χ0n) is 19.2. The minimum Gasteiger partial charge on any atom is -0.342 e. The first-order valence-electron chi connectivity index (χ1n) is 10.9. The Morgan fingerprint density at radius 3 is 2.47 bits per heavy atom. The van der Waals surface area contributed by atoms with Gasteiger partial charge in [0.2, 0.25) is 5.91 Å². The van der Waals surface area contributed by atoms with E-state index in [2.05, 4.69) is 57.3 Å². The Labute approximate surface area is 222 Å². The maximum atomic E-state index is 12.9. The third-order valence-corrected chi connectivity index (χ3v) is 6.98. The van der Waals surface area contributed by atoms with Crippen LogP contribution in [0, 0.1) is 9.49 Å². The molecule has 1 atom stereocenters. The SMILES string of the molecule is CCn1c(SCC(=O)Nc2ccc(I)cc2)nnc1[C@@H](CC(C)C)NC(=O)c1ccccc1Cl. The molecule has 2 aromatic carbocycles. The van der Waals surface area contributed by atoms with Crippen LogP contribution in [-0.4, -0.2) is 32.3 Å². The number of nitrogens with one attached hydrogen (secondary N) is 2. The van der Waals surface area contributed by atoms with Crippen molar-refractivity contribution in [3.05, 3.63) is 68.5 Å². The lowest BCUT2D eigenvalue weighted by Gasteiger charge is -2.21. The molecular weight excluding hydrogens is 585 g/mol. The lowest BCUT2D eigenvalue weighted by Crippen LogP contribution is -2.31. The Kier molecular flexibility index (Phi) is 9.78. The molecule has 0 spiro atoms. The minimum atomic E-state index is -0.341. The summed E-state index contributed by atoms with van der Waals surface area (Å²) in [5.74, 6) is 0.800. The first kappa shape index (κ1) is 26.5. The summed E-state index contributed by atoms with van der Waals surface area (Å²) in [5.41, 5.74) is 1.17. The molecule has 1 aromatic heterocycles. The van der Waals surface area contributed by atoms with E-state index < -0.39 is 0 Å². The second-order valence-electron chi connectivity index (χ2n) is 8.06.